The van der Waals surface area contributed by atoms with Gasteiger partial charge in [-0.05, 0) is 26.0 Å². The van der Waals surface area contributed by atoms with Gasteiger partial charge in [0, 0.05) is 29.5 Å². The Labute approximate surface area is 151 Å². The second-order valence-corrected chi connectivity index (χ2v) is 7.28. The van der Waals surface area contributed by atoms with Crippen LogP contribution in [0.2, 0.25) is 0 Å². The van der Waals surface area contributed by atoms with Gasteiger partial charge in [0.05, 0.1) is 39.6 Å². The van der Waals surface area contributed by atoms with E-state index in [2.05, 4.69) is 9.97 Å². The third kappa shape index (κ3) is 3.20. The van der Waals surface area contributed by atoms with E-state index < -0.39 is 15.7 Å². The number of hydrogen-bond acceptors (Lipinski definition) is 7. The van der Waals surface area contributed by atoms with Gasteiger partial charge in [-0.3, -0.25) is 14.3 Å². The molecule has 0 aliphatic carbocycles. The van der Waals surface area contributed by atoms with Gasteiger partial charge in [0.2, 0.25) is 0 Å². The lowest BCUT2D eigenvalue weighted by atomic mass is 10.0. The van der Waals surface area contributed by atoms with Crippen LogP contribution in [0, 0.1) is 15.3 Å². The van der Waals surface area contributed by atoms with Crippen molar-refractivity contribution in [1.82, 2.24) is 15.0 Å². The van der Waals surface area contributed by atoms with Crippen molar-refractivity contribution in [2.75, 3.05) is 19.4 Å². The number of nitro groups is 1. The van der Waals surface area contributed by atoms with E-state index in [1.54, 1.807) is 32.2 Å². The number of methoxy groups -OCH3 is 1. The van der Waals surface area contributed by atoms with Crippen LogP contribution in [0.4, 0.5) is 0 Å². The number of aromatic amines is 1. The van der Waals surface area contributed by atoms with Gasteiger partial charge in [0.1, 0.15) is 5.75 Å². The molecule has 1 aromatic heterocycles. The lowest BCUT2D eigenvalue weighted by Gasteiger charge is -2.37. The number of imidazole rings is 1. The highest BCUT2D eigenvalue weighted by atomic mass is 32.2. The number of aromatic nitrogens is 2. The highest BCUT2D eigenvalue weighted by molar-refractivity contribution is 7.85. The monoisotopic (exact) mass is 377 g/mol. The van der Waals surface area contributed by atoms with Crippen LogP contribution in [0.15, 0.2) is 45.9 Å². The van der Waals surface area contributed by atoms with Crippen molar-refractivity contribution >= 4 is 21.8 Å². The summed E-state index contributed by atoms with van der Waals surface area (Å²) in [5.41, 5.74) is 1.94. The zero-order valence-corrected chi connectivity index (χ0v) is 15.3. The maximum absolute atomic E-state index is 12.7. The third-order valence-electron chi connectivity index (χ3n) is 4.21. The van der Waals surface area contributed by atoms with E-state index in [4.69, 9.17) is 4.74 Å². The highest BCUT2D eigenvalue weighted by Gasteiger charge is 2.28. The predicted molar refractivity (Wildman–Crippen MR) is 96.4 cm³/mol. The molecule has 0 amide bonds. The standard InChI is InChI=1S/C16H17N4O5S/c1-9-7-19(21)14(10(2)15(9)20(22)23)8-26(24)16-17-12-5-4-11(25-3)6-13(12)18-16/h4-6H,7-8H2,1-3H3,(H,17,18)/q-1. The summed E-state index contributed by atoms with van der Waals surface area (Å²) in [7, 11) is -0.113. The van der Waals surface area contributed by atoms with Gasteiger partial charge in [0.25, 0.3) is 5.70 Å². The molecule has 3 rings (SSSR count). The molecule has 1 aliphatic heterocycles. The van der Waals surface area contributed by atoms with Crippen molar-refractivity contribution in [3.8, 4) is 5.75 Å². The molecule has 0 spiro atoms. The first-order valence-corrected chi connectivity index (χ1v) is 9.04. The van der Waals surface area contributed by atoms with Crippen LogP contribution < -0.4 is 4.74 Å². The molecule has 0 saturated heterocycles. The first kappa shape index (κ1) is 18.1. The molecule has 2 heterocycles. The number of ether oxygens (including phenoxy) is 1. The van der Waals surface area contributed by atoms with Crippen molar-refractivity contribution in [2.45, 2.75) is 19.0 Å². The molecule has 1 aliphatic rings. The zero-order valence-electron chi connectivity index (χ0n) is 14.4. The summed E-state index contributed by atoms with van der Waals surface area (Å²) in [5.74, 6) is 0.475. The Bertz CT molecular complexity index is 978. The summed E-state index contributed by atoms with van der Waals surface area (Å²) >= 11 is 0. The number of benzene rings is 1. The van der Waals surface area contributed by atoms with E-state index in [0.29, 0.717) is 27.4 Å². The molecule has 138 valence electrons. The summed E-state index contributed by atoms with van der Waals surface area (Å²) in [4.78, 5) is 18.0. The summed E-state index contributed by atoms with van der Waals surface area (Å²) in [6.45, 7) is 2.94. The van der Waals surface area contributed by atoms with Crippen molar-refractivity contribution in [2.24, 2.45) is 0 Å². The average molecular weight is 377 g/mol. The predicted octanol–water partition coefficient (Wildman–Crippen LogP) is 2.32. The van der Waals surface area contributed by atoms with Gasteiger partial charge in [-0.1, -0.05) is 0 Å². The minimum atomic E-state index is -1.66. The lowest BCUT2D eigenvalue weighted by Crippen LogP contribution is -2.29. The summed E-state index contributed by atoms with van der Waals surface area (Å²) in [5, 5.41) is 24.3. The van der Waals surface area contributed by atoms with Crippen molar-refractivity contribution < 1.29 is 13.9 Å². The van der Waals surface area contributed by atoms with Crippen LogP contribution in [0.5, 0.6) is 5.75 Å². The smallest absolute Gasteiger partial charge is 0.274 e. The Morgan fingerprint density at radius 2 is 2.15 bits per heavy atom. The van der Waals surface area contributed by atoms with Gasteiger partial charge in [-0.25, -0.2) is 4.98 Å². The van der Waals surface area contributed by atoms with Gasteiger partial charge in [-0.2, -0.15) is 0 Å². The molecule has 0 fully saturated rings. The molecular weight excluding hydrogens is 360 g/mol. The van der Waals surface area contributed by atoms with E-state index in [0.717, 1.165) is 0 Å². The fourth-order valence-corrected chi connectivity index (χ4v) is 4.06. The number of allylic oxidation sites excluding steroid dienone is 1. The van der Waals surface area contributed by atoms with E-state index in [-0.39, 0.29) is 34.4 Å². The first-order valence-electron chi connectivity index (χ1n) is 7.73. The molecule has 9 nitrogen and oxygen atoms in total. The molecule has 0 saturated carbocycles. The molecule has 0 bridgehead atoms. The maximum Gasteiger partial charge on any atom is 0.274 e. The normalized spacial score (nSPS) is 16.4. The minimum absolute atomic E-state index is 0.0848. The van der Waals surface area contributed by atoms with Crippen LogP contribution >= 0.6 is 0 Å². The fraction of sp³-hybridized carbons (Fsp3) is 0.312. The number of fused-ring (bicyclic) bond motifs is 1. The summed E-state index contributed by atoms with van der Waals surface area (Å²) in [6.07, 6.45) is 0. The van der Waals surface area contributed by atoms with E-state index >= 15 is 0 Å². The average Bonchev–Trinajstić information content (AvgIpc) is 3.00. The van der Waals surface area contributed by atoms with Crippen molar-refractivity contribution in [3.05, 3.63) is 56.1 Å². The quantitative estimate of drug-likeness (QED) is 0.626. The number of rotatable bonds is 5. The highest BCUT2D eigenvalue weighted by Crippen LogP contribution is 2.28. The van der Waals surface area contributed by atoms with Crippen LogP contribution in [0.3, 0.4) is 0 Å². The number of nitrogens with one attached hydrogen (secondary N) is 1. The molecule has 2 aromatic rings. The number of hydroxylamine groups is 2. The molecular formula is C16H17N4O5S-. The van der Waals surface area contributed by atoms with Crippen LogP contribution in [0.1, 0.15) is 13.8 Å². The van der Waals surface area contributed by atoms with Crippen LogP contribution in [0.25, 0.3) is 11.0 Å². The van der Waals surface area contributed by atoms with Crippen molar-refractivity contribution in [1.29, 1.82) is 0 Å². The molecule has 26 heavy (non-hydrogen) atoms. The summed E-state index contributed by atoms with van der Waals surface area (Å²) in [6, 6.07) is 5.19. The van der Waals surface area contributed by atoms with Gasteiger partial charge in [0.15, 0.2) is 5.16 Å². The second-order valence-electron chi connectivity index (χ2n) is 5.91. The first-order chi connectivity index (χ1) is 12.3. The third-order valence-corrected chi connectivity index (χ3v) is 5.37. The van der Waals surface area contributed by atoms with Crippen LogP contribution in [-0.4, -0.2) is 43.6 Å². The lowest BCUT2D eigenvalue weighted by molar-refractivity contribution is -0.422. The van der Waals surface area contributed by atoms with E-state index in [9.17, 15) is 19.5 Å². The number of H-pyrrole nitrogens is 1. The molecule has 1 aromatic carbocycles. The summed E-state index contributed by atoms with van der Waals surface area (Å²) < 4.78 is 17.8. The molecule has 1 N–H and O–H groups in total. The van der Waals surface area contributed by atoms with E-state index in [1.165, 1.54) is 6.92 Å². The molecule has 0 radical (unpaired) electrons. The Morgan fingerprint density at radius 3 is 2.81 bits per heavy atom. The van der Waals surface area contributed by atoms with Crippen LogP contribution in [-0.2, 0) is 10.8 Å². The second kappa shape index (κ2) is 6.89. The number of nitrogens with zero attached hydrogens (tertiary/aromatic N) is 3. The van der Waals surface area contributed by atoms with Crippen molar-refractivity contribution in [3.63, 3.8) is 0 Å². The minimum Gasteiger partial charge on any atom is -0.758 e. The Hall–Kier alpha value is -2.72. The van der Waals surface area contributed by atoms with Gasteiger partial charge in [-0.15, -0.1) is 0 Å². The molecule has 10 heteroatoms. The molecule has 1 atom stereocenters. The Morgan fingerprint density at radius 1 is 1.42 bits per heavy atom. The van der Waals surface area contributed by atoms with Gasteiger partial charge >= 0.3 is 0 Å². The van der Waals surface area contributed by atoms with E-state index in [1.807, 2.05) is 0 Å². The topological polar surface area (TPSA) is 124 Å². The maximum atomic E-state index is 12.7. The molecule has 1 unspecified atom stereocenters. The fourth-order valence-electron chi connectivity index (χ4n) is 2.90. The Balaban J connectivity index is 1.92. The van der Waals surface area contributed by atoms with Gasteiger partial charge < -0.3 is 20.0 Å². The zero-order chi connectivity index (χ0) is 19.0. The Kier molecular flexibility index (Phi) is 4.79. The largest absolute Gasteiger partial charge is 0.758 e. The SMILES string of the molecule is COc1ccc2nc(S(=O)CC3=C(C)C([N+](=O)[O-])=C(C)CN3[O-])[nH]c2c1. The number of hydrogen-bond donors (Lipinski definition) is 1.